The van der Waals surface area contributed by atoms with E-state index in [9.17, 15) is 9.59 Å². The number of nitrogens with zero attached hydrogens (tertiary/aromatic N) is 2. The standard InChI is InChI=1S/C27H28N4O3S/c1-17(2)20-8-10-22(11-9-20)24-15-29-26(34-24)13-12-25(33)31-27-30-23(16-35-27)21-6-4-19(5-7-21)14-28-18(3)32/h4-11,15-17H,12-14H2,1-3H3,(H,28,32)(H,30,31,33). The minimum absolute atomic E-state index is 0.0615. The van der Waals surface area contributed by atoms with Crippen LogP contribution >= 0.6 is 11.3 Å². The largest absolute Gasteiger partial charge is 0.441 e. The molecule has 0 bridgehead atoms. The zero-order valence-corrected chi connectivity index (χ0v) is 20.8. The van der Waals surface area contributed by atoms with E-state index in [0.29, 0.717) is 35.7 Å². The number of hydrogen-bond acceptors (Lipinski definition) is 6. The van der Waals surface area contributed by atoms with Gasteiger partial charge in [0.15, 0.2) is 16.8 Å². The van der Waals surface area contributed by atoms with Gasteiger partial charge in [0.2, 0.25) is 11.8 Å². The van der Waals surface area contributed by atoms with Gasteiger partial charge in [0.25, 0.3) is 0 Å². The van der Waals surface area contributed by atoms with E-state index in [1.165, 1.54) is 23.8 Å². The van der Waals surface area contributed by atoms with Crippen molar-refractivity contribution >= 4 is 28.3 Å². The van der Waals surface area contributed by atoms with Crippen LogP contribution in [0.25, 0.3) is 22.6 Å². The number of nitrogens with one attached hydrogen (secondary N) is 2. The van der Waals surface area contributed by atoms with Crippen LogP contribution in [0.2, 0.25) is 0 Å². The van der Waals surface area contributed by atoms with Crippen LogP contribution in [0.1, 0.15) is 50.1 Å². The summed E-state index contributed by atoms with van der Waals surface area (Å²) in [5, 5.41) is 8.08. The van der Waals surface area contributed by atoms with Gasteiger partial charge >= 0.3 is 0 Å². The number of aromatic nitrogens is 2. The van der Waals surface area contributed by atoms with Crippen LogP contribution in [-0.2, 0) is 22.6 Å². The molecular formula is C27H28N4O3S. The fourth-order valence-electron chi connectivity index (χ4n) is 3.48. The van der Waals surface area contributed by atoms with Crippen LogP contribution in [-0.4, -0.2) is 21.8 Å². The predicted octanol–water partition coefficient (Wildman–Crippen LogP) is 5.80. The summed E-state index contributed by atoms with van der Waals surface area (Å²) >= 11 is 1.38. The van der Waals surface area contributed by atoms with Gasteiger partial charge in [-0.05, 0) is 17.0 Å². The molecule has 2 amide bonds. The second kappa shape index (κ2) is 11.1. The Morgan fingerprint density at radius 1 is 1.03 bits per heavy atom. The van der Waals surface area contributed by atoms with Crippen molar-refractivity contribution in [2.24, 2.45) is 0 Å². The van der Waals surface area contributed by atoms with Crippen LogP contribution in [0.3, 0.4) is 0 Å². The molecule has 2 aromatic carbocycles. The number of thiazole rings is 1. The molecule has 0 saturated heterocycles. The lowest BCUT2D eigenvalue weighted by Crippen LogP contribution is -2.18. The second-order valence-corrected chi connectivity index (χ2v) is 9.45. The molecule has 4 rings (SSSR count). The van der Waals surface area contributed by atoms with E-state index in [1.807, 2.05) is 41.8 Å². The van der Waals surface area contributed by atoms with Crippen molar-refractivity contribution < 1.29 is 14.0 Å². The first-order valence-corrected chi connectivity index (χ1v) is 12.4. The number of oxazole rings is 1. The SMILES string of the molecule is CC(=O)NCc1ccc(-c2csc(NC(=O)CCc3ncc(-c4ccc(C(C)C)cc4)o3)n2)cc1. The number of benzene rings is 2. The van der Waals surface area contributed by atoms with Crippen molar-refractivity contribution in [3.8, 4) is 22.6 Å². The summed E-state index contributed by atoms with van der Waals surface area (Å²) < 4.78 is 5.85. The van der Waals surface area contributed by atoms with Gasteiger partial charge in [0, 0.05) is 42.8 Å². The molecule has 7 nitrogen and oxygen atoms in total. The van der Waals surface area contributed by atoms with E-state index in [2.05, 4.69) is 46.6 Å². The lowest BCUT2D eigenvalue weighted by Gasteiger charge is -2.05. The predicted molar refractivity (Wildman–Crippen MR) is 138 cm³/mol. The van der Waals surface area contributed by atoms with Crippen LogP contribution in [0, 0.1) is 0 Å². The summed E-state index contributed by atoms with van der Waals surface area (Å²) in [6, 6.07) is 16.1. The van der Waals surface area contributed by atoms with Gasteiger partial charge in [-0.3, -0.25) is 9.59 Å². The Morgan fingerprint density at radius 2 is 1.74 bits per heavy atom. The van der Waals surface area contributed by atoms with E-state index >= 15 is 0 Å². The number of amides is 2. The van der Waals surface area contributed by atoms with Crippen LogP contribution in [0.4, 0.5) is 5.13 Å². The molecule has 0 aliphatic rings. The average molecular weight is 489 g/mol. The minimum atomic E-state index is -0.141. The highest BCUT2D eigenvalue weighted by atomic mass is 32.1. The summed E-state index contributed by atoms with van der Waals surface area (Å²) in [6.07, 6.45) is 2.36. The Labute approximate surface area is 208 Å². The first-order chi connectivity index (χ1) is 16.9. The normalized spacial score (nSPS) is 11.0. The van der Waals surface area contributed by atoms with E-state index in [4.69, 9.17) is 4.42 Å². The smallest absolute Gasteiger partial charge is 0.226 e. The molecule has 180 valence electrons. The minimum Gasteiger partial charge on any atom is -0.441 e. The first-order valence-electron chi connectivity index (χ1n) is 11.5. The van der Waals surface area contributed by atoms with Crippen molar-refractivity contribution in [3.05, 3.63) is 77.1 Å². The zero-order chi connectivity index (χ0) is 24.8. The maximum absolute atomic E-state index is 12.4. The van der Waals surface area contributed by atoms with Crippen molar-refractivity contribution in [2.75, 3.05) is 5.32 Å². The molecule has 0 radical (unpaired) electrons. The quantitative estimate of drug-likeness (QED) is 0.311. The number of rotatable bonds is 9. The second-order valence-electron chi connectivity index (χ2n) is 8.59. The van der Waals surface area contributed by atoms with Crippen molar-refractivity contribution in [2.45, 2.75) is 46.1 Å². The Balaban J connectivity index is 1.28. The summed E-state index contributed by atoms with van der Waals surface area (Å²) in [5.74, 6) is 1.50. The average Bonchev–Trinajstić information content (AvgIpc) is 3.52. The summed E-state index contributed by atoms with van der Waals surface area (Å²) in [4.78, 5) is 32.3. The number of carbonyl (C=O) groups excluding carboxylic acids is 2. The number of hydrogen-bond donors (Lipinski definition) is 2. The lowest BCUT2D eigenvalue weighted by atomic mass is 10.0. The molecule has 0 aliphatic heterocycles. The Hall–Kier alpha value is -3.78. The summed E-state index contributed by atoms with van der Waals surface area (Å²) in [7, 11) is 0. The third kappa shape index (κ3) is 6.64. The van der Waals surface area contributed by atoms with Gasteiger partial charge in [0.1, 0.15) is 0 Å². The molecule has 0 unspecified atom stereocenters. The maximum Gasteiger partial charge on any atom is 0.226 e. The van der Waals surface area contributed by atoms with Gasteiger partial charge < -0.3 is 15.1 Å². The van der Waals surface area contributed by atoms with Gasteiger partial charge in [-0.2, -0.15) is 0 Å². The Morgan fingerprint density at radius 3 is 2.43 bits per heavy atom. The maximum atomic E-state index is 12.4. The Bertz CT molecular complexity index is 1290. The third-order valence-electron chi connectivity index (χ3n) is 5.52. The molecular weight excluding hydrogens is 460 g/mol. The van der Waals surface area contributed by atoms with E-state index in [1.54, 1.807) is 6.20 Å². The van der Waals surface area contributed by atoms with E-state index in [-0.39, 0.29) is 18.2 Å². The highest BCUT2D eigenvalue weighted by molar-refractivity contribution is 7.14. The van der Waals surface area contributed by atoms with Gasteiger partial charge in [-0.25, -0.2) is 9.97 Å². The monoisotopic (exact) mass is 488 g/mol. The third-order valence-corrected chi connectivity index (χ3v) is 6.28. The number of aryl methyl sites for hydroxylation is 1. The van der Waals surface area contributed by atoms with Crippen LogP contribution in [0.15, 0.2) is 64.5 Å². The van der Waals surface area contributed by atoms with Crippen molar-refractivity contribution in [3.63, 3.8) is 0 Å². The van der Waals surface area contributed by atoms with Crippen LogP contribution < -0.4 is 10.6 Å². The molecule has 0 spiro atoms. The number of anilines is 1. The highest BCUT2D eigenvalue weighted by Crippen LogP contribution is 2.26. The molecule has 0 saturated carbocycles. The molecule has 2 N–H and O–H groups in total. The van der Waals surface area contributed by atoms with Crippen molar-refractivity contribution in [1.82, 2.24) is 15.3 Å². The molecule has 2 aromatic heterocycles. The molecule has 0 fully saturated rings. The fourth-order valence-corrected chi connectivity index (χ4v) is 4.21. The van der Waals surface area contributed by atoms with Gasteiger partial charge in [-0.15, -0.1) is 11.3 Å². The molecule has 4 aromatic rings. The van der Waals surface area contributed by atoms with Crippen LogP contribution in [0.5, 0.6) is 0 Å². The van der Waals surface area contributed by atoms with Gasteiger partial charge in [0.05, 0.1) is 11.9 Å². The molecule has 2 heterocycles. The summed E-state index contributed by atoms with van der Waals surface area (Å²) in [5.41, 5.74) is 4.99. The molecule has 0 atom stereocenters. The molecule has 0 aliphatic carbocycles. The summed E-state index contributed by atoms with van der Waals surface area (Å²) in [6.45, 7) is 6.31. The zero-order valence-electron chi connectivity index (χ0n) is 20.0. The van der Waals surface area contributed by atoms with E-state index < -0.39 is 0 Å². The number of carbonyl (C=O) groups is 2. The fraction of sp³-hybridized carbons (Fsp3) is 0.259. The Kier molecular flexibility index (Phi) is 7.72. The van der Waals surface area contributed by atoms with Crippen molar-refractivity contribution in [1.29, 1.82) is 0 Å². The lowest BCUT2D eigenvalue weighted by molar-refractivity contribution is -0.119. The topological polar surface area (TPSA) is 97.1 Å². The van der Waals surface area contributed by atoms with Gasteiger partial charge in [-0.1, -0.05) is 62.4 Å². The van der Waals surface area contributed by atoms with E-state index in [0.717, 1.165) is 22.4 Å². The first kappa shape index (κ1) is 24.3. The molecule has 35 heavy (non-hydrogen) atoms. The molecule has 8 heteroatoms. The highest BCUT2D eigenvalue weighted by Gasteiger charge is 2.12.